The Morgan fingerprint density at radius 3 is 2.55 bits per heavy atom. The highest BCUT2D eigenvalue weighted by Gasteiger charge is 2.08. The van der Waals surface area contributed by atoms with E-state index in [0.29, 0.717) is 19.7 Å². The second kappa shape index (κ2) is 5.97. The quantitative estimate of drug-likeness (QED) is 0.655. The van der Waals surface area contributed by atoms with E-state index in [0.717, 1.165) is 6.42 Å². The Hall–Kier alpha value is -0.770. The molecule has 0 saturated heterocycles. The van der Waals surface area contributed by atoms with Gasteiger partial charge in [-0.2, -0.15) is 0 Å². The summed E-state index contributed by atoms with van der Waals surface area (Å²) >= 11 is 0. The number of hydrogen-bond acceptors (Lipinski definition) is 2. The summed E-state index contributed by atoms with van der Waals surface area (Å²) in [5.41, 5.74) is 0. The summed E-state index contributed by atoms with van der Waals surface area (Å²) in [6.45, 7) is 3.45. The zero-order valence-electron chi connectivity index (χ0n) is 7.04. The first-order valence-corrected chi connectivity index (χ1v) is 3.69. The van der Waals surface area contributed by atoms with Gasteiger partial charge in [-0.15, -0.1) is 0 Å². The Labute approximate surface area is 66.8 Å². The van der Waals surface area contributed by atoms with Gasteiger partial charge in [0.25, 0.3) is 0 Å². The van der Waals surface area contributed by atoms with Crippen LogP contribution in [0.5, 0.6) is 0 Å². The Kier molecular flexibility index (Phi) is 5.56. The molecule has 0 atom stereocenters. The SMILES string of the molecule is CCCN(CCOC)C(=O)O. The highest BCUT2D eigenvalue weighted by molar-refractivity contribution is 5.64. The summed E-state index contributed by atoms with van der Waals surface area (Å²) in [4.78, 5) is 11.8. The summed E-state index contributed by atoms with van der Waals surface area (Å²) in [6.07, 6.45) is -0.0281. The maximum atomic E-state index is 10.5. The van der Waals surface area contributed by atoms with Crippen LogP contribution in [0.15, 0.2) is 0 Å². The average Bonchev–Trinajstić information content (AvgIpc) is 1.97. The third kappa shape index (κ3) is 4.61. The molecule has 0 bridgehead atoms. The van der Waals surface area contributed by atoms with Crippen LogP contribution in [0.2, 0.25) is 0 Å². The second-order valence-corrected chi connectivity index (χ2v) is 2.26. The van der Waals surface area contributed by atoms with Crippen LogP contribution in [0.1, 0.15) is 13.3 Å². The van der Waals surface area contributed by atoms with Crippen LogP contribution in [0.3, 0.4) is 0 Å². The Bertz CT molecular complexity index is 116. The normalized spacial score (nSPS) is 9.64. The summed E-state index contributed by atoms with van der Waals surface area (Å²) in [5, 5.41) is 8.60. The van der Waals surface area contributed by atoms with Gasteiger partial charge in [0, 0.05) is 20.2 Å². The predicted molar refractivity (Wildman–Crippen MR) is 41.8 cm³/mol. The van der Waals surface area contributed by atoms with Crippen molar-refractivity contribution in [3.05, 3.63) is 0 Å². The van der Waals surface area contributed by atoms with Crippen molar-refractivity contribution in [3.63, 3.8) is 0 Å². The molecule has 4 heteroatoms. The lowest BCUT2D eigenvalue weighted by Gasteiger charge is -2.17. The van der Waals surface area contributed by atoms with E-state index < -0.39 is 6.09 Å². The van der Waals surface area contributed by atoms with Gasteiger partial charge in [0.1, 0.15) is 0 Å². The van der Waals surface area contributed by atoms with E-state index in [1.165, 1.54) is 4.90 Å². The van der Waals surface area contributed by atoms with Crippen molar-refractivity contribution in [2.24, 2.45) is 0 Å². The lowest BCUT2D eigenvalue weighted by molar-refractivity contribution is 0.118. The van der Waals surface area contributed by atoms with Crippen molar-refractivity contribution in [2.75, 3.05) is 26.8 Å². The number of ether oxygens (including phenoxy) is 1. The molecule has 4 nitrogen and oxygen atoms in total. The monoisotopic (exact) mass is 161 g/mol. The van der Waals surface area contributed by atoms with E-state index in [2.05, 4.69) is 0 Å². The topological polar surface area (TPSA) is 49.8 Å². The maximum Gasteiger partial charge on any atom is 0.407 e. The van der Waals surface area contributed by atoms with E-state index in [1.807, 2.05) is 6.92 Å². The number of nitrogens with zero attached hydrogens (tertiary/aromatic N) is 1. The van der Waals surface area contributed by atoms with Gasteiger partial charge in [-0.05, 0) is 6.42 Å². The minimum absolute atomic E-state index is 0.458. The molecule has 0 aromatic carbocycles. The van der Waals surface area contributed by atoms with E-state index >= 15 is 0 Å². The van der Waals surface area contributed by atoms with Crippen molar-refractivity contribution < 1.29 is 14.6 Å². The van der Waals surface area contributed by atoms with Crippen molar-refractivity contribution in [3.8, 4) is 0 Å². The third-order valence-corrected chi connectivity index (χ3v) is 1.33. The molecule has 0 spiro atoms. The number of methoxy groups -OCH3 is 1. The summed E-state index contributed by atoms with van der Waals surface area (Å²) in [6, 6.07) is 0. The molecule has 11 heavy (non-hydrogen) atoms. The van der Waals surface area contributed by atoms with Crippen molar-refractivity contribution in [2.45, 2.75) is 13.3 Å². The molecule has 1 N–H and O–H groups in total. The minimum atomic E-state index is -0.871. The fourth-order valence-electron chi connectivity index (χ4n) is 0.774. The van der Waals surface area contributed by atoms with Gasteiger partial charge in [0.2, 0.25) is 0 Å². The zero-order chi connectivity index (χ0) is 8.69. The largest absolute Gasteiger partial charge is 0.465 e. The van der Waals surface area contributed by atoms with Crippen LogP contribution >= 0.6 is 0 Å². The maximum absolute atomic E-state index is 10.5. The Balaban J connectivity index is 3.60. The van der Waals surface area contributed by atoms with E-state index in [4.69, 9.17) is 9.84 Å². The van der Waals surface area contributed by atoms with Gasteiger partial charge in [0.15, 0.2) is 0 Å². The summed E-state index contributed by atoms with van der Waals surface area (Å²) in [5.74, 6) is 0. The molecule has 0 aromatic rings. The van der Waals surface area contributed by atoms with E-state index in [-0.39, 0.29) is 0 Å². The molecule has 0 radical (unpaired) electrons. The Morgan fingerprint density at radius 2 is 2.18 bits per heavy atom. The molecule has 0 heterocycles. The molecule has 1 amide bonds. The predicted octanol–water partition coefficient (Wildman–Crippen LogP) is 1.02. The molecule has 0 rings (SSSR count). The van der Waals surface area contributed by atoms with Gasteiger partial charge in [-0.1, -0.05) is 6.92 Å². The summed E-state index contributed by atoms with van der Waals surface area (Å²) < 4.78 is 4.76. The van der Waals surface area contributed by atoms with Crippen LogP contribution in [-0.2, 0) is 4.74 Å². The molecule has 66 valence electrons. The number of carbonyl (C=O) groups is 1. The number of hydrogen-bond donors (Lipinski definition) is 1. The van der Waals surface area contributed by atoms with Crippen molar-refractivity contribution in [1.82, 2.24) is 4.90 Å². The first-order valence-electron chi connectivity index (χ1n) is 3.69. The van der Waals surface area contributed by atoms with Crippen molar-refractivity contribution in [1.29, 1.82) is 0 Å². The number of carboxylic acid groups (broad SMARTS) is 1. The van der Waals surface area contributed by atoms with E-state index in [9.17, 15) is 4.79 Å². The molecule has 0 aliphatic rings. The Morgan fingerprint density at radius 1 is 1.55 bits per heavy atom. The third-order valence-electron chi connectivity index (χ3n) is 1.33. The minimum Gasteiger partial charge on any atom is -0.465 e. The average molecular weight is 161 g/mol. The fourth-order valence-corrected chi connectivity index (χ4v) is 0.774. The highest BCUT2D eigenvalue weighted by Crippen LogP contribution is 1.91. The lowest BCUT2D eigenvalue weighted by Crippen LogP contribution is -2.33. The van der Waals surface area contributed by atoms with Crippen LogP contribution in [0, 0.1) is 0 Å². The molecule has 0 saturated carbocycles. The van der Waals surface area contributed by atoms with Crippen LogP contribution in [-0.4, -0.2) is 42.9 Å². The molecule has 0 fully saturated rings. The molecular formula is C7H15NO3. The molecule has 0 unspecified atom stereocenters. The van der Waals surface area contributed by atoms with Gasteiger partial charge >= 0.3 is 6.09 Å². The second-order valence-electron chi connectivity index (χ2n) is 2.26. The van der Waals surface area contributed by atoms with Gasteiger partial charge < -0.3 is 14.7 Å². The van der Waals surface area contributed by atoms with Crippen LogP contribution < -0.4 is 0 Å². The van der Waals surface area contributed by atoms with E-state index in [1.54, 1.807) is 7.11 Å². The van der Waals surface area contributed by atoms with Gasteiger partial charge in [-0.3, -0.25) is 0 Å². The zero-order valence-corrected chi connectivity index (χ0v) is 7.04. The highest BCUT2D eigenvalue weighted by atomic mass is 16.5. The van der Waals surface area contributed by atoms with Gasteiger partial charge in [-0.25, -0.2) is 4.79 Å². The molecular weight excluding hydrogens is 146 g/mol. The molecule has 0 aliphatic carbocycles. The van der Waals surface area contributed by atoms with Crippen LogP contribution in [0.4, 0.5) is 4.79 Å². The fraction of sp³-hybridized carbons (Fsp3) is 0.857. The number of rotatable bonds is 5. The first kappa shape index (κ1) is 10.2. The number of amides is 1. The van der Waals surface area contributed by atoms with Gasteiger partial charge in [0.05, 0.1) is 6.61 Å². The first-order chi connectivity index (χ1) is 5.22. The molecule has 0 aliphatic heterocycles. The smallest absolute Gasteiger partial charge is 0.407 e. The lowest BCUT2D eigenvalue weighted by atomic mass is 10.4. The van der Waals surface area contributed by atoms with Crippen LogP contribution in [0.25, 0.3) is 0 Å². The summed E-state index contributed by atoms with van der Waals surface area (Å²) in [7, 11) is 1.56. The molecule has 0 aromatic heterocycles. The standard InChI is InChI=1S/C7H15NO3/c1-3-4-8(7(9)10)5-6-11-2/h3-6H2,1-2H3,(H,9,10). The van der Waals surface area contributed by atoms with Crippen molar-refractivity contribution >= 4 is 6.09 Å².